The molecule has 1 aliphatic carbocycles. The molecule has 1 N–H and O–H groups in total. The van der Waals surface area contributed by atoms with Crippen molar-refractivity contribution in [2.75, 3.05) is 26.3 Å². The highest BCUT2D eigenvalue weighted by atomic mass is 19.1. The van der Waals surface area contributed by atoms with Crippen molar-refractivity contribution >= 4 is 6.03 Å². The van der Waals surface area contributed by atoms with Gasteiger partial charge in [0, 0.05) is 25.9 Å². The number of amides is 2. The van der Waals surface area contributed by atoms with Gasteiger partial charge in [-0.3, -0.25) is 0 Å². The van der Waals surface area contributed by atoms with Crippen molar-refractivity contribution < 1.29 is 18.7 Å². The maximum Gasteiger partial charge on any atom is 0.317 e. The van der Waals surface area contributed by atoms with E-state index >= 15 is 0 Å². The minimum absolute atomic E-state index is 0.0343. The molecule has 0 aromatic heterocycles. The lowest BCUT2D eigenvalue weighted by Crippen LogP contribution is -2.51. The molecule has 130 valence electrons. The second-order valence-electron chi connectivity index (χ2n) is 6.91. The van der Waals surface area contributed by atoms with Gasteiger partial charge in [-0.15, -0.1) is 0 Å². The van der Waals surface area contributed by atoms with Gasteiger partial charge in [0.15, 0.2) is 5.79 Å². The number of carbonyl (C=O) groups excluding carboxylic acids is 1. The molecule has 2 heterocycles. The molecule has 2 aliphatic heterocycles. The van der Waals surface area contributed by atoms with E-state index in [1.54, 1.807) is 12.1 Å². The Balaban J connectivity index is 1.38. The Hall–Kier alpha value is -1.66. The van der Waals surface area contributed by atoms with Crippen LogP contribution in [0, 0.1) is 11.7 Å². The largest absolute Gasteiger partial charge is 0.347 e. The van der Waals surface area contributed by atoms with E-state index in [1.165, 1.54) is 12.1 Å². The molecule has 3 aliphatic rings. The number of ether oxygens (including phenoxy) is 2. The Morgan fingerprint density at radius 2 is 1.79 bits per heavy atom. The number of nitrogens with zero attached hydrogens (tertiary/aromatic N) is 1. The van der Waals surface area contributed by atoms with E-state index in [-0.39, 0.29) is 17.9 Å². The number of halogens is 1. The highest BCUT2D eigenvalue weighted by molar-refractivity contribution is 5.75. The zero-order valence-corrected chi connectivity index (χ0v) is 13.7. The van der Waals surface area contributed by atoms with Gasteiger partial charge in [-0.25, -0.2) is 9.18 Å². The standard InChI is InChI=1S/C18H23FN2O3/c19-15-5-3-14(4-6-15)16(13-1-2-13)20-17(22)21-9-7-18(8-10-21)23-11-12-24-18/h3-6,13,16H,1-2,7-12H2,(H,20,22)/t16-/m0/s1. The van der Waals surface area contributed by atoms with Gasteiger partial charge in [0.05, 0.1) is 19.3 Å². The van der Waals surface area contributed by atoms with Crippen molar-refractivity contribution in [1.29, 1.82) is 0 Å². The van der Waals surface area contributed by atoms with Crippen LogP contribution in [0.5, 0.6) is 0 Å². The smallest absolute Gasteiger partial charge is 0.317 e. The second-order valence-corrected chi connectivity index (χ2v) is 6.91. The predicted octanol–water partition coefficient (Wildman–Crippen LogP) is 2.83. The molecule has 0 radical (unpaired) electrons. The summed E-state index contributed by atoms with van der Waals surface area (Å²) in [6.07, 6.45) is 3.64. The van der Waals surface area contributed by atoms with E-state index in [1.807, 2.05) is 4.90 Å². The summed E-state index contributed by atoms with van der Waals surface area (Å²) in [7, 11) is 0. The Morgan fingerprint density at radius 3 is 2.38 bits per heavy atom. The summed E-state index contributed by atoms with van der Waals surface area (Å²) in [5, 5.41) is 3.15. The fraction of sp³-hybridized carbons (Fsp3) is 0.611. The maximum absolute atomic E-state index is 13.1. The first-order valence-corrected chi connectivity index (χ1v) is 8.74. The molecule has 1 spiro atoms. The molecule has 1 aromatic rings. The third-order valence-corrected chi connectivity index (χ3v) is 5.23. The molecular weight excluding hydrogens is 311 g/mol. The first-order chi connectivity index (χ1) is 11.7. The summed E-state index contributed by atoms with van der Waals surface area (Å²) in [5.74, 6) is -0.265. The average molecular weight is 334 g/mol. The van der Waals surface area contributed by atoms with Crippen molar-refractivity contribution in [2.24, 2.45) is 5.92 Å². The molecule has 1 atom stereocenters. The minimum atomic E-state index is -0.469. The third-order valence-electron chi connectivity index (χ3n) is 5.23. The van der Waals surface area contributed by atoms with Crippen LogP contribution in [0.3, 0.4) is 0 Å². The summed E-state index contributed by atoms with van der Waals surface area (Å²) < 4.78 is 24.6. The van der Waals surface area contributed by atoms with Gasteiger partial charge in [-0.2, -0.15) is 0 Å². The highest BCUT2D eigenvalue weighted by Crippen LogP contribution is 2.41. The van der Waals surface area contributed by atoms with Crippen molar-refractivity contribution in [3.8, 4) is 0 Å². The molecule has 0 unspecified atom stereocenters. The number of rotatable bonds is 3. The van der Waals surface area contributed by atoms with Crippen molar-refractivity contribution in [3.05, 3.63) is 35.6 Å². The van der Waals surface area contributed by atoms with Gasteiger partial charge in [-0.05, 0) is 36.5 Å². The van der Waals surface area contributed by atoms with E-state index in [9.17, 15) is 9.18 Å². The Kier molecular flexibility index (Phi) is 4.18. The van der Waals surface area contributed by atoms with Gasteiger partial charge in [0.25, 0.3) is 0 Å². The van der Waals surface area contributed by atoms with E-state index in [0.717, 1.165) is 18.4 Å². The number of likely N-dealkylation sites (tertiary alicyclic amines) is 1. The lowest BCUT2D eigenvalue weighted by molar-refractivity contribution is -0.181. The molecule has 2 saturated heterocycles. The van der Waals surface area contributed by atoms with Crippen LogP contribution in [0.15, 0.2) is 24.3 Å². The fourth-order valence-electron chi connectivity index (χ4n) is 3.63. The van der Waals surface area contributed by atoms with E-state index < -0.39 is 5.79 Å². The van der Waals surface area contributed by atoms with Gasteiger partial charge in [-0.1, -0.05) is 12.1 Å². The first-order valence-electron chi connectivity index (χ1n) is 8.74. The van der Waals surface area contributed by atoms with Crippen molar-refractivity contribution in [2.45, 2.75) is 37.5 Å². The van der Waals surface area contributed by atoms with Crippen LogP contribution < -0.4 is 5.32 Å². The Morgan fingerprint density at radius 1 is 1.17 bits per heavy atom. The van der Waals surface area contributed by atoms with E-state index in [2.05, 4.69) is 5.32 Å². The molecule has 5 nitrogen and oxygen atoms in total. The lowest BCUT2D eigenvalue weighted by atomic mass is 10.0. The number of urea groups is 1. The van der Waals surface area contributed by atoms with Crippen molar-refractivity contribution in [3.63, 3.8) is 0 Å². The molecule has 0 bridgehead atoms. The zero-order chi connectivity index (χ0) is 16.6. The molecule has 3 fully saturated rings. The maximum atomic E-state index is 13.1. The summed E-state index contributed by atoms with van der Waals surface area (Å²) in [5.41, 5.74) is 0.975. The number of nitrogens with one attached hydrogen (secondary N) is 1. The molecule has 2 amide bonds. The van der Waals surface area contributed by atoms with Gasteiger partial charge < -0.3 is 19.7 Å². The minimum Gasteiger partial charge on any atom is -0.347 e. The average Bonchev–Trinajstić information content (AvgIpc) is 3.35. The molecule has 1 aromatic carbocycles. The quantitative estimate of drug-likeness (QED) is 0.925. The number of hydrogen-bond acceptors (Lipinski definition) is 3. The summed E-state index contributed by atoms with van der Waals surface area (Å²) >= 11 is 0. The number of benzene rings is 1. The highest BCUT2D eigenvalue weighted by Gasteiger charge is 2.41. The normalized spacial score (nSPS) is 24.1. The van der Waals surface area contributed by atoms with Gasteiger partial charge in [0.1, 0.15) is 5.82 Å². The second kappa shape index (κ2) is 6.33. The van der Waals surface area contributed by atoms with Crippen LogP contribution in [-0.4, -0.2) is 43.0 Å². The Labute approximate surface area is 141 Å². The lowest BCUT2D eigenvalue weighted by Gasteiger charge is -2.38. The van der Waals surface area contributed by atoms with Gasteiger partial charge >= 0.3 is 6.03 Å². The zero-order valence-electron chi connectivity index (χ0n) is 13.7. The van der Waals surface area contributed by atoms with Crippen molar-refractivity contribution in [1.82, 2.24) is 10.2 Å². The first kappa shape index (κ1) is 15.8. The fourth-order valence-corrected chi connectivity index (χ4v) is 3.63. The van der Waals surface area contributed by atoms with Crippen LogP contribution in [-0.2, 0) is 9.47 Å². The molecule has 1 saturated carbocycles. The summed E-state index contributed by atoms with van der Waals surface area (Å²) in [6, 6.07) is 6.36. The number of hydrogen-bond donors (Lipinski definition) is 1. The van der Waals surface area contributed by atoms with Crippen LogP contribution >= 0.6 is 0 Å². The number of piperidine rings is 1. The van der Waals surface area contributed by atoms with E-state index in [0.29, 0.717) is 45.1 Å². The predicted molar refractivity (Wildman–Crippen MR) is 85.8 cm³/mol. The van der Waals surface area contributed by atoms with Crippen LogP contribution in [0.2, 0.25) is 0 Å². The van der Waals surface area contributed by atoms with Crippen LogP contribution in [0.4, 0.5) is 9.18 Å². The third kappa shape index (κ3) is 3.26. The molecule has 6 heteroatoms. The molecular formula is C18H23FN2O3. The number of carbonyl (C=O) groups is 1. The van der Waals surface area contributed by atoms with E-state index in [4.69, 9.17) is 9.47 Å². The Bertz CT molecular complexity index is 587. The summed E-state index contributed by atoms with van der Waals surface area (Å²) in [4.78, 5) is 14.5. The molecule has 4 rings (SSSR count). The summed E-state index contributed by atoms with van der Waals surface area (Å²) in [6.45, 7) is 2.54. The van der Waals surface area contributed by atoms with Gasteiger partial charge in [0.2, 0.25) is 0 Å². The monoisotopic (exact) mass is 334 g/mol. The SMILES string of the molecule is O=C(N[C@H](c1ccc(F)cc1)C1CC1)N1CCC2(CC1)OCCO2. The molecule has 24 heavy (non-hydrogen) atoms. The van der Waals surface area contributed by atoms with Crippen LogP contribution in [0.1, 0.15) is 37.3 Å². The topological polar surface area (TPSA) is 50.8 Å². The van der Waals surface area contributed by atoms with Crippen LogP contribution in [0.25, 0.3) is 0 Å².